The molecule has 0 saturated heterocycles. The van der Waals surface area contributed by atoms with E-state index in [1.165, 1.54) is 6.07 Å². The van der Waals surface area contributed by atoms with Crippen molar-refractivity contribution >= 4 is 10.9 Å². The van der Waals surface area contributed by atoms with Crippen molar-refractivity contribution in [3.05, 3.63) is 29.8 Å². The molecule has 1 saturated carbocycles. The van der Waals surface area contributed by atoms with E-state index in [4.69, 9.17) is 4.74 Å². The third-order valence-corrected chi connectivity index (χ3v) is 4.66. The molecule has 0 aliphatic heterocycles. The van der Waals surface area contributed by atoms with Crippen LogP contribution < -0.4 is 9.46 Å². The number of hydrogen-bond acceptors (Lipinski definition) is 3. The SMILES string of the molecule is O=[SH](=O)NCCC1CCCCC1COc1ccc(F)c(F)c1. The maximum Gasteiger partial charge on any atom is 0.201 e. The number of thiol groups is 1. The highest BCUT2D eigenvalue weighted by Crippen LogP contribution is 2.32. The van der Waals surface area contributed by atoms with Gasteiger partial charge in [-0.1, -0.05) is 19.3 Å². The van der Waals surface area contributed by atoms with Crippen LogP contribution in [0, 0.1) is 23.5 Å². The predicted octanol–water partition coefficient (Wildman–Crippen LogP) is 2.66. The maximum atomic E-state index is 13.1. The molecule has 1 N–H and O–H groups in total. The molecule has 22 heavy (non-hydrogen) atoms. The molecule has 1 fully saturated rings. The van der Waals surface area contributed by atoms with Crippen LogP contribution in [0.25, 0.3) is 0 Å². The highest BCUT2D eigenvalue weighted by Gasteiger charge is 2.25. The summed E-state index contributed by atoms with van der Waals surface area (Å²) in [5.41, 5.74) is 0. The lowest BCUT2D eigenvalue weighted by Crippen LogP contribution is -2.28. The predicted molar refractivity (Wildman–Crippen MR) is 80.2 cm³/mol. The van der Waals surface area contributed by atoms with Crippen LogP contribution in [-0.2, 0) is 10.9 Å². The van der Waals surface area contributed by atoms with E-state index < -0.39 is 22.5 Å². The van der Waals surface area contributed by atoms with E-state index in [0.29, 0.717) is 30.7 Å². The first kappa shape index (κ1) is 17.1. The van der Waals surface area contributed by atoms with Gasteiger partial charge in [0.1, 0.15) is 5.75 Å². The Hall–Kier alpha value is -1.21. The summed E-state index contributed by atoms with van der Waals surface area (Å²) in [5.74, 6) is -0.777. The van der Waals surface area contributed by atoms with Crippen LogP contribution >= 0.6 is 0 Å². The van der Waals surface area contributed by atoms with Gasteiger partial charge in [0.05, 0.1) is 6.61 Å². The van der Waals surface area contributed by atoms with Gasteiger partial charge in [0.2, 0.25) is 10.9 Å². The molecule has 0 aromatic heterocycles. The van der Waals surface area contributed by atoms with Gasteiger partial charge in [0, 0.05) is 12.6 Å². The summed E-state index contributed by atoms with van der Waals surface area (Å²) in [6.07, 6.45) is 5.08. The molecule has 7 heteroatoms. The van der Waals surface area contributed by atoms with Gasteiger partial charge >= 0.3 is 0 Å². The average Bonchev–Trinajstić information content (AvgIpc) is 2.49. The fraction of sp³-hybridized carbons (Fsp3) is 0.600. The zero-order chi connectivity index (χ0) is 15.9. The summed E-state index contributed by atoms with van der Waals surface area (Å²) < 4.78 is 55.1. The lowest BCUT2D eigenvalue weighted by atomic mass is 9.78. The van der Waals surface area contributed by atoms with Crippen LogP contribution in [0.5, 0.6) is 5.75 Å². The lowest BCUT2D eigenvalue weighted by Gasteiger charge is -2.31. The average molecular weight is 333 g/mol. The normalized spacial score (nSPS) is 22.0. The van der Waals surface area contributed by atoms with Crippen molar-refractivity contribution in [3.63, 3.8) is 0 Å². The van der Waals surface area contributed by atoms with Crippen molar-refractivity contribution < 1.29 is 21.9 Å². The van der Waals surface area contributed by atoms with E-state index in [0.717, 1.165) is 44.2 Å². The van der Waals surface area contributed by atoms with Gasteiger partial charge in [-0.25, -0.2) is 21.9 Å². The van der Waals surface area contributed by atoms with Gasteiger partial charge in [0.25, 0.3) is 0 Å². The van der Waals surface area contributed by atoms with E-state index in [1.807, 2.05) is 0 Å². The molecule has 2 unspecified atom stereocenters. The van der Waals surface area contributed by atoms with E-state index in [9.17, 15) is 17.2 Å². The summed E-state index contributed by atoms with van der Waals surface area (Å²) in [6.45, 7) is 0.879. The van der Waals surface area contributed by atoms with Gasteiger partial charge in [-0.05, 0) is 36.8 Å². The standard InChI is InChI=1S/C15H21F2NO3S/c16-14-6-5-13(9-15(14)17)21-10-12-4-2-1-3-11(12)7-8-18-22(19)20/h5-6,9,11-12,22H,1-4,7-8,10H2,(H,18,19,20). The van der Waals surface area contributed by atoms with Gasteiger partial charge < -0.3 is 4.74 Å². The highest BCUT2D eigenvalue weighted by molar-refractivity contribution is 7.70. The van der Waals surface area contributed by atoms with Crippen LogP contribution in [0.4, 0.5) is 8.78 Å². The van der Waals surface area contributed by atoms with Gasteiger partial charge in [-0.3, -0.25) is 0 Å². The molecular weight excluding hydrogens is 312 g/mol. The van der Waals surface area contributed by atoms with Crippen LogP contribution in [0.1, 0.15) is 32.1 Å². The van der Waals surface area contributed by atoms with Crippen molar-refractivity contribution in [2.45, 2.75) is 32.1 Å². The van der Waals surface area contributed by atoms with Crippen LogP contribution in [0.15, 0.2) is 18.2 Å². The minimum Gasteiger partial charge on any atom is -0.493 e. The molecular formula is C15H21F2NO3S. The monoisotopic (exact) mass is 333 g/mol. The number of halogens is 2. The minimum absolute atomic E-state index is 0.313. The minimum atomic E-state index is -2.55. The fourth-order valence-electron chi connectivity index (χ4n) is 3.00. The Morgan fingerprint density at radius 3 is 2.55 bits per heavy atom. The van der Waals surface area contributed by atoms with E-state index in [2.05, 4.69) is 4.72 Å². The van der Waals surface area contributed by atoms with Gasteiger partial charge in [-0.15, -0.1) is 0 Å². The number of benzene rings is 1. The Bertz CT molecular complexity index is 558. The molecule has 124 valence electrons. The Morgan fingerprint density at radius 1 is 1.14 bits per heavy atom. The smallest absolute Gasteiger partial charge is 0.201 e. The van der Waals surface area contributed by atoms with Gasteiger partial charge in [-0.2, -0.15) is 0 Å². The highest BCUT2D eigenvalue weighted by atomic mass is 32.2. The molecule has 0 heterocycles. The first-order valence-electron chi connectivity index (χ1n) is 7.52. The van der Waals surface area contributed by atoms with E-state index >= 15 is 0 Å². The molecule has 0 spiro atoms. The molecule has 1 aliphatic carbocycles. The first-order valence-corrected chi connectivity index (χ1v) is 8.69. The van der Waals surface area contributed by atoms with Crippen LogP contribution in [-0.4, -0.2) is 21.6 Å². The number of hydrogen-bond donors (Lipinski definition) is 2. The third-order valence-electron chi connectivity index (χ3n) is 4.18. The van der Waals surface area contributed by atoms with Crippen molar-refractivity contribution in [2.24, 2.45) is 11.8 Å². The first-order chi connectivity index (χ1) is 10.6. The summed E-state index contributed by atoms with van der Waals surface area (Å²) in [4.78, 5) is 0. The number of rotatable bonds is 7. The lowest BCUT2D eigenvalue weighted by molar-refractivity contribution is 0.143. The zero-order valence-electron chi connectivity index (χ0n) is 12.3. The quantitative estimate of drug-likeness (QED) is 0.754. The molecule has 0 amide bonds. The zero-order valence-corrected chi connectivity index (χ0v) is 13.2. The number of ether oxygens (including phenoxy) is 1. The van der Waals surface area contributed by atoms with Crippen LogP contribution in [0.3, 0.4) is 0 Å². The molecule has 2 rings (SSSR count). The summed E-state index contributed by atoms with van der Waals surface area (Å²) in [5, 5.41) is 0. The Kier molecular flexibility index (Phi) is 6.57. The molecule has 0 radical (unpaired) electrons. The summed E-state index contributed by atoms with van der Waals surface area (Å²) in [6, 6.07) is 3.52. The molecule has 0 bridgehead atoms. The Morgan fingerprint density at radius 2 is 1.86 bits per heavy atom. The molecule has 1 aromatic carbocycles. The second-order valence-corrected chi connectivity index (χ2v) is 6.48. The van der Waals surface area contributed by atoms with Gasteiger partial charge in [0.15, 0.2) is 11.6 Å². The van der Waals surface area contributed by atoms with Crippen molar-refractivity contribution in [2.75, 3.05) is 13.2 Å². The van der Waals surface area contributed by atoms with E-state index in [-0.39, 0.29) is 0 Å². The molecule has 1 aliphatic rings. The Balaban J connectivity index is 1.86. The third kappa shape index (κ3) is 5.21. The topological polar surface area (TPSA) is 55.4 Å². The molecule has 4 nitrogen and oxygen atoms in total. The second kappa shape index (κ2) is 8.43. The largest absolute Gasteiger partial charge is 0.493 e. The van der Waals surface area contributed by atoms with Crippen molar-refractivity contribution in [1.82, 2.24) is 4.72 Å². The fourth-order valence-corrected chi connectivity index (χ4v) is 3.31. The van der Waals surface area contributed by atoms with Crippen LogP contribution in [0.2, 0.25) is 0 Å². The van der Waals surface area contributed by atoms with Crippen molar-refractivity contribution in [1.29, 1.82) is 0 Å². The second-order valence-electron chi connectivity index (χ2n) is 5.65. The van der Waals surface area contributed by atoms with Crippen molar-refractivity contribution in [3.8, 4) is 5.75 Å². The Labute approximate surface area is 130 Å². The van der Waals surface area contributed by atoms with E-state index in [1.54, 1.807) is 0 Å². The number of nitrogens with one attached hydrogen (secondary N) is 1. The summed E-state index contributed by atoms with van der Waals surface area (Å²) in [7, 11) is -2.55. The summed E-state index contributed by atoms with van der Waals surface area (Å²) >= 11 is 0. The molecule has 2 atom stereocenters. The molecule has 1 aromatic rings. The maximum absolute atomic E-state index is 13.1.